The molecule has 2 unspecified atom stereocenters. The number of fused-ring (bicyclic) bond motifs is 2. The maximum Gasteiger partial charge on any atom is 0.310 e. The van der Waals surface area contributed by atoms with Crippen molar-refractivity contribution in [1.29, 1.82) is 0 Å². The van der Waals surface area contributed by atoms with Crippen molar-refractivity contribution in [2.24, 2.45) is 17.8 Å². The fraction of sp³-hybridized carbons (Fsp3) is 0.588. The fourth-order valence-corrected chi connectivity index (χ4v) is 4.25. The first kappa shape index (κ1) is 15.8. The third-order valence-electron chi connectivity index (χ3n) is 5.00. The zero-order chi connectivity index (χ0) is 15.7. The molecule has 1 aromatic carbocycles. The Hall–Kier alpha value is -1.13. The number of benzene rings is 1. The molecule has 120 valence electrons. The van der Waals surface area contributed by atoms with Crippen molar-refractivity contribution < 1.29 is 13.9 Å². The average Bonchev–Trinajstić information content (AvgIpc) is 3.09. The molecular weight excluding hydrogens is 305 g/mol. The molecule has 1 aromatic rings. The van der Waals surface area contributed by atoms with Crippen LogP contribution in [0, 0.1) is 23.6 Å². The minimum Gasteiger partial charge on any atom is -0.466 e. The summed E-state index contributed by atoms with van der Waals surface area (Å²) in [7, 11) is 0. The lowest BCUT2D eigenvalue weighted by Crippen LogP contribution is -2.44. The van der Waals surface area contributed by atoms with Gasteiger partial charge in [-0.05, 0) is 55.7 Å². The van der Waals surface area contributed by atoms with E-state index in [0.29, 0.717) is 25.0 Å². The highest BCUT2D eigenvalue weighted by atomic mass is 35.5. The molecule has 0 heterocycles. The summed E-state index contributed by atoms with van der Waals surface area (Å²) in [5.74, 6) is 0.447. The lowest BCUT2D eigenvalue weighted by molar-refractivity contribution is -0.150. The summed E-state index contributed by atoms with van der Waals surface area (Å²) in [6.45, 7) is 2.85. The van der Waals surface area contributed by atoms with Crippen LogP contribution in [0.5, 0.6) is 0 Å². The predicted molar refractivity (Wildman–Crippen MR) is 83.0 cm³/mol. The molecule has 0 saturated heterocycles. The van der Waals surface area contributed by atoms with E-state index in [1.54, 1.807) is 12.1 Å². The number of hydrogen-bond donors (Lipinski definition) is 1. The van der Waals surface area contributed by atoms with Crippen LogP contribution in [-0.4, -0.2) is 18.6 Å². The maximum atomic E-state index is 13.2. The van der Waals surface area contributed by atoms with E-state index in [0.717, 1.165) is 18.4 Å². The van der Waals surface area contributed by atoms with Crippen LogP contribution in [0.2, 0.25) is 5.02 Å². The molecule has 2 bridgehead atoms. The van der Waals surface area contributed by atoms with E-state index >= 15 is 0 Å². The Labute approximate surface area is 135 Å². The lowest BCUT2D eigenvalue weighted by Gasteiger charge is -2.30. The van der Waals surface area contributed by atoms with Gasteiger partial charge in [-0.1, -0.05) is 17.7 Å². The Kier molecular flexibility index (Phi) is 4.69. The molecule has 0 aromatic heterocycles. The summed E-state index contributed by atoms with van der Waals surface area (Å²) in [5.41, 5.74) is 0.928. The van der Waals surface area contributed by atoms with Crippen LogP contribution in [0.1, 0.15) is 31.7 Å². The monoisotopic (exact) mass is 325 g/mol. The van der Waals surface area contributed by atoms with E-state index in [1.807, 2.05) is 6.92 Å². The van der Waals surface area contributed by atoms with Crippen molar-refractivity contribution in [2.45, 2.75) is 38.8 Å². The molecule has 5 heteroatoms. The van der Waals surface area contributed by atoms with Crippen LogP contribution in [0.25, 0.3) is 0 Å². The van der Waals surface area contributed by atoms with Crippen LogP contribution in [-0.2, 0) is 16.1 Å². The predicted octanol–water partition coefficient (Wildman–Crippen LogP) is 3.55. The van der Waals surface area contributed by atoms with Gasteiger partial charge in [0.2, 0.25) is 0 Å². The summed E-state index contributed by atoms with van der Waals surface area (Å²) >= 11 is 5.82. The highest BCUT2D eigenvalue weighted by Crippen LogP contribution is 2.49. The molecular formula is C17H21ClFNO2. The quantitative estimate of drug-likeness (QED) is 0.841. The second kappa shape index (κ2) is 6.55. The summed E-state index contributed by atoms with van der Waals surface area (Å²) in [6.07, 6.45) is 3.39. The van der Waals surface area contributed by atoms with Gasteiger partial charge in [0.25, 0.3) is 0 Å². The summed E-state index contributed by atoms with van der Waals surface area (Å²) in [5, 5.41) is 3.62. The number of hydrogen-bond acceptors (Lipinski definition) is 3. The second-order valence-electron chi connectivity index (χ2n) is 6.27. The van der Waals surface area contributed by atoms with Gasteiger partial charge in [0.15, 0.2) is 0 Å². The molecule has 2 fully saturated rings. The Balaban J connectivity index is 1.67. The molecule has 2 saturated carbocycles. The van der Waals surface area contributed by atoms with Gasteiger partial charge in [0.05, 0.1) is 17.5 Å². The third kappa shape index (κ3) is 2.99. The summed E-state index contributed by atoms with van der Waals surface area (Å²) < 4.78 is 18.4. The second-order valence-corrected chi connectivity index (χ2v) is 6.67. The molecule has 0 aliphatic heterocycles. The van der Waals surface area contributed by atoms with E-state index in [1.165, 1.54) is 12.5 Å². The molecule has 2 aliphatic carbocycles. The Bertz CT molecular complexity index is 566. The molecule has 0 spiro atoms. The largest absolute Gasteiger partial charge is 0.466 e. The van der Waals surface area contributed by atoms with E-state index in [-0.39, 0.29) is 23.0 Å². The fourth-order valence-electron chi connectivity index (χ4n) is 4.05. The SMILES string of the molecule is CCOC(=O)C1C(NCc2ccc(F)c(Cl)c2)[C@@H]2CC[C@H]1C2. The molecule has 0 radical (unpaired) electrons. The minimum absolute atomic E-state index is 0.0466. The Morgan fingerprint density at radius 3 is 2.91 bits per heavy atom. The highest BCUT2D eigenvalue weighted by molar-refractivity contribution is 6.30. The lowest BCUT2D eigenvalue weighted by atomic mass is 9.84. The van der Waals surface area contributed by atoms with E-state index in [9.17, 15) is 9.18 Å². The van der Waals surface area contributed by atoms with Gasteiger partial charge >= 0.3 is 5.97 Å². The zero-order valence-corrected chi connectivity index (χ0v) is 13.4. The van der Waals surface area contributed by atoms with Crippen molar-refractivity contribution in [2.75, 3.05) is 6.61 Å². The maximum absolute atomic E-state index is 13.2. The van der Waals surface area contributed by atoms with Gasteiger partial charge in [-0.3, -0.25) is 4.79 Å². The molecule has 3 nitrogen and oxygen atoms in total. The first-order valence-electron chi connectivity index (χ1n) is 7.94. The van der Waals surface area contributed by atoms with Gasteiger partial charge in [-0.15, -0.1) is 0 Å². The van der Waals surface area contributed by atoms with E-state index in [2.05, 4.69) is 5.32 Å². The number of ether oxygens (including phenoxy) is 1. The summed E-state index contributed by atoms with van der Waals surface area (Å²) in [4.78, 5) is 12.2. The normalized spacial score (nSPS) is 29.8. The average molecular weight is 326 g/mol. The molecule has 4 atom stereocenters. The summed E-state index contributed by atoms with van der Waals surface area (Å²) in [6, 6.07) is 4.89. The van der Waals surface area contributed by atoms with Crippen LogP contribution in [0.15, 0.2) is 18.2 Å². The first-order chi connectivity index (χ1) is 10.6. The van der Waals surface area contributed by atoms with Crippen molar-refractivity contribution in [1.82, 2.24) is 5.32 Å². The number of carbonyl (C=O) groups is 1. The van der Waals surface area contributed by atoms with Gasteiger partial charge in [0.1, 0.15) is 5.82 Å². The number of nitrogens with one attached hydrogen (secondary N) is 1. The molecule has 2 aliphatic rings. The van der Waals surface area contributed by atoms with Crippen molar-refractivity contribution in [3.63, 3.8) is 0 Å². The molecule has 0 amide bonds. The third-order valence-corrected chi connectivity index (χ3v) is 5.29. The van der Waals surface area contributed by atoms with Gasteiger partial charge in [-0.25, -0.2) is 4.39 Å². The Morgan fingerprint density at radius 2 is 2.18 bits per heavy atom. The smallest absolute Gasteiger partial charge is 0.310 e. The first-order valence-corrected chi connectivity index (χ1v) is 8.32. The molecule has 3 rings (SSSR count). The molecule has 1 N–H and O–H groups in total. The number of halogens is 2. The van der Waals surface area contributed by atoms with Crippen molar-refractivity contribution in [3.8, 4) is 0 Å². The number of carbonyl (C=O) groups excluding carboxylic acids is 1. The van der Waals surface area contributed by atoms with Crippen LogP contribution in [0.3, 0.4) is 0 Å². The van der Waals surface area contributed by atoms with Gasteiger partial charge < -0.3 is 10.1 Å². The van der Waals surface area contributed by atoms with Crippen LogP contribution < -0.4 is 5.32 Å². The van der Waals surface area contributed by atoms with Crippen LogP contribution >= 0.6 is 11.6 Å². The van der Waals surface area contributed by atoms with E-state index in [4.69, 9.17) is 16.3 Å². The van der Waals surface area contributed by atoms with Gasteiger partial charge in [0, 0.05) is 12.6 Å². The van der Waals surface area contributed by atoms with Gasteiger partial charge in [-0.2, -0.15) is 0 Å². The van der Waals surface area contributed by atoms with E-state index < -0.39 is 5.82 Å². The zero-order valence-electron chi connectivity index (χ0n) is 12.6. The Morgan fingerprint density at radius 1 is 1.41 bits per heavy atom. The number of esters is 1. The minimum atomic E-state index is -0.408. The topological polar surface area (TPSA) is 38.3 Å². The van der Waals surface area contributed by atoms with Crippen molar-refractivity contribution >= 4 is 17.6 Å². The van der Waals surface area contributed by atoms with Crippen molar-refractivity contribution in [3.05, 3.63) is 34.6 Å². The standard InChI is InChI=1S/C17H21ClFNO2/c1-2-22-17(21)15-11-4-5-12(8-11)16(15)20-9-10-3-6-14(19)13(18)7-10/h3,6-7,11-12,15-16,20H,2,4-5,8-9H2,1H3/t11-,12+,15?,16?/m0/s1. The van der Waals surface area contributed by atoms with Crippen LogP contribution in [0.4, 0.5) is 4.39 Å². The number of rotatable bonds is 5. The highest BCUT2D eigenvalue weighted by Gasteiger charge is 2.51. The molecule has 22 heavy (non-hydrogen) atoms.